The maximum atomic E-state index is 10.7. The van der Waals surface area contributed by atoms with E-state index in [1.54, 1.807) is 6.08 Å². The van der Waals surface area contributed by atoms with Crippen LogP contribution in [0.25, 0.3) is 17.2 Å². The van der Waals surface area contributed by atoms with Gasteiger partial charge in [-0.2, -0.15) is 0 Å². The Morgan fingerprint density at radius 1 is 0.929 bits per heavy atom. The molecule has 2 aromatic rings. The van der Waals surface area contributed by atoms with Crippen molar-refractivity contribution in [2.75, 3.05) is 0 Å². The number of carboxylic acids is 1. The van der Waals surface area contributed by atoms with Crippen LogP contribution in [0, 0.1) is 17.8 Å². The standard InChI is InChI=1S/C25H28O3/c1-16-10-18-12-19(11-16)14-22(13-18)23-15-21(7-8-24(23)26)20-5-2-17(3-6-20)4-9-25(27)28/h2-9,15-16,18-19,22,26H,10-14H2,1H3,(H,27,28)/b9-4+. The second kappa shape index (κ2) is 7.83. The second-order valence-electron chi connectivity index (χ2n) is 8.78. The van der Waals surface area contributed by atoms with Crippen molar-refractivity contribution in [3.63, 3.8) is 0 Å². The van der Waals surface area contributed by atoms with Gasteiger partial charge in [0.2, 0.25) is 0 Å². The Kier molecular flexibility index (Phi) is 5.25. The predicted molar refractivity (Wildman–Crippen MR) is 112 cm³/mol. The number of rotatable bonds is 4. The van der Waals surface area contributed by atoms with E-state index in [-0.39, 0.29) is 0 Å². The molecule has 0 amide bonds. The minimum Gasteiger partial charge on any atom is -0.508 e. The fraction of sp³-hybridized carbons (Fsp3) is 0.400. The Balaban J connectivity index is 1.57. The molecule has 0 heterocycles. The van der Waals surface area contributed by atoms with Gasteiger partial charge in [-0.3, -0.25) is 0 Å². The highest BCUT2D eigenvalue weighted by Crippen LogP contribution is 2.49. The van der Waals surface area contributed by atoms with Gasteiger partial charge in [0.15, 0.2) is 0 Å². The van der Waals surface area contributed by atoms with Crippen molar-refractivity contribution in [1.82, 2.24) is 0 Å². The Bertz CT molecular complexity index is 863. The summed E-state index contributed by atoms with van der Waals surface area (Å²) in [5.41, 5.74) is 4.14. The third kappa shape index (κ3) is 4.14. The third-order valence-electron chi connectivity index (χ3n) is 6.50. The molecule has 2 unspecified atom stereocenters. The SMILES string of the molecule is CC1CC2CC(C1)CC(c1cc(-c3ccc(/C=C/C(=O)O)cc3)ccc1O)C2. The smallest absolute Gasteiger partial charge is 0.328 e. The van der Waals surface area contributed by atoms with E-state index in [9.17, 15) is 9.90 Å². The Hall–Kier alpha value is -2.55. The van der Waals surface area contributed by atoms with Gasteiger partial charge in [0.25, 0.3) is 0 Å². The first-order chi connectivity index (χ1) is 13.5. The number of phenolic OH excluding ortho intramolecular Hbond substituents is 1. The number of aromatic hydroxyl groups is 1. The van der Waals surface area contributed by atoms with Crippen molar-refractivity contribution in [2.45, 2.75) is 44.9 Å². The van der Waals surface area contributed by atoms with Crippen molar-refractivity contribution in [1.29, 1.82) is 0 Å². The van der Waals surface area contributed by atoms with E-state index < -0.39 is 5.97 Å². The van der Waals surface area contributed by atoms with Crippen LogP contribution >= 0.6 is 0 Å². The molecule has 2 aliphatic rings. The van der Waals surface area contributed by atoms with Crippen LogP contribution in [0.5, 0.6) is 5.75 Å². The molecule has 2 saturated carbocycles. The molecular formula is C25H28O3. The Labute approximate surface area is 166 Å². The summed E-state index contributed by atoms with van der Waals surface area (Å²) >= 11 is 0. The second-order valence-corrected chi connectivity index (χ2v) is 8.78. The van der Waals surface area contributed by atoms with Crippen molar-refractivity contribution < 1.29 is 15.0 Å². The van der Waals surface area contributed by atoms with E-state index in [1.165, 1.54) is 32.1 Å². The van der Waals surface area contributed by atoms with Crippen LogP contribution in [-0.2, 0) is 4.79 Å². The zero-order valence-corrected chi connectivity index (χ0v) is 16.3. The maximum Gasteiger partial charge on any atom is 0.328 e. The van der Waals surface area contributed by atoms with Gasteiger partial charge in [-0.05, 0) is 96.2 Å². The largest absolute Gasteiger partial charge is 0.508 e. The van der Waals surface area contributed by atoms with E-state index in [1.807, 2.05) is 36.4 Å². The molecule has 0 saturated heterocycles. The number of carbonyl (C=O) groups is 1. The highest BCUT2D eigenvalue weighted by molar-refractivity contribution is 5.85. The lowest BCUT2D eigenvalue weighted by molar-refractivity contribution is -0.131. The number of fused-ring (bicyclic) bond motifs is 2. The molecule has 2 atom stereocenters. The first-order valence-corrected chi connectivity index (χ1v) is 10.3. The fourth-order valence-electron chi connectivity index (χ4n) is 5.45. The molecule has 2 N–H and O–H groups in total. The molecular weight excluding hydrogens is 348 g/mol. The van der Waals surface area contributed by atoms with Gasteiger partial charge in [-0.15, -0.1) is 0 Å². The molecule has 0 radical (unpaired) electrons. The van der Waals surface area contributed by atoms with Crippen LogP contribution in [0.3, 0.4) is 0 Å². The lowest BCUT2D eigenvalue weighted by Gasteiger charge is -2.42. The number of hydrogen-bond donors (Lipinski definition) is 2. The summed E-state index contributed by atoms with van der Waals surface area (Å²) in [7, 11) is 0. The first kappa shape index (κ1) is 18.8. The molecule has 28 heavy (non-hydrogen) atoms. The average molecular weight is 376 g/mol. The van der Waals surface area contributed by atoms with Gasteiger partial charge in [0.1, 0.15) is 5.75 Å². The topological polar surface area (TPSA) is 57.5 Å². The van der Waals surface area contributed by atoms with Crippen LogP contribution in [0.4, 0.5) is 0 Å². The molecule has 3 heteroatoms. The van der Waals surface area contributed by atoms with Crippen LogP contribution < -0.4 is 0 Å². The number of carboxylic acid groups (broad SMARTS) is 1. The van der Waals surface area contributed by atoms with Gasteiger partial charge in [-0.25, -0.2) is 4.79 Å². The molecule has 0 aliphatic heterocycles. The van der Waals surface area contributed by atoms with Crippen LogP contribution in [0.1, 0.15) is 56.1 Å². The molecule has 0 spiro atoms. The van der Waals surface area contributed by atoms with Crippen LogP contribution in [0.15, 0.2) is 48.5 Å². The molecule has 4 rings (SSSR count). The lowest BCUT2D eigenvalue weighted by Crippen LogP contribution is -2.29. The van der Waals surface area contributed by atoms with Gasteiger partial charge < -0.3 is 10.2 Å². The predicted octanol–water partition coefficient (Wildman–Crippen LogP) is 6.09. The minimum atomic E-state index is -0.945. The molecule has 2 fully saturated rings. The van der Waals surface area contributed by atoms with Gasteiger partial charge in [0, 0.05) is 6.08 Å². The summed E-state index contributed by atoms with van der Waals surface area (Å²) in [4.78, 5) is 10.7. The molecule has 3 nitrogen and oxygen atoms in total. The van der Waals surface area contributed by atoms with E-state index in [4.69, 9.17) is 5.11 Å². The number of benzene rings is 2. The van der Waals surface area contributed by atoms with E-state index in [2.05, 4.69) is 13.0 Å². The fourth-order valence-corrected chi connectivity index (χ4v) is 5.45. The maximum absolute atomic E-state index is 10.7. The number of aliphatic carboxylic acids is 1. The molecule has 2 aliphatic carbocycles. The summed E-state index contributed by atoms with van der Waals surface area (Å²) in [6.45, 7) is 2.38. The lowest BCUT2D eigenvalue weighted by atomic mass is 9.63. The quantitative estimate of drug-likeness (QED) is 0.635. The third-order valence-corrected chi connectivity index (χ3v) is 6.50. The average Bonchev–Trinajstić information content (AvgIpc) is 2.66. The minimum absolute atomic E-state index is 0.419. The Morgan fingerprint density at radius 3 is 2.21 bits per heavy atom. The zero-order chi connectivity index (χ0) is 19.7. The molecule has 146 valence electrons. The zero-order valence-electron chi connectivity index (χ0n) is 16.3. The molecule has 0 aromatic heterocycles. The summed E-state index contributed by atoms with van der Waals surface area (Å²) in [6, 6.07) is 13.8. The number of phenols is 1. The normalized spacial score (nSPS) is 27.0. The van der Waals surface area contributed by atoms with Crippen molar-refractivity contribution in [3.05, 3.63) is 59.7 Å². The van der Waals surface area contributed by atoms with Crippen molar-refractivity contribution >= 4 is 12.0 Å². The summed E-state index contributed by atoms with van der Waals surface area (Å²) < 4.78 is 0. The molecule has 2 bridgehead atoms. The van der Waals surface area contributed by atoms with E-state index in [0.717, 1.165) is 46.1 Å². The van der Waals surface area contributed by atoms with Gasteiger partial charge in [0.05, 0.1) is 0 Å². The van der Waals surface area contributed by atoms with Crippen LogP contribution in [-0.4, -0.2) is 16.2 Å². The highest BCUT2D eigenvalue weighted by Gasteiger charge is 2.35. The van der Waals surface area contributed by atoms with E-state index in [0.29, 0.717) is 11.7 Å². The summed E-state index contributed by atoms with van der Waals surface area (Å²) in [6.07, 6.45) is 9.16. The van der Waals surface area contributed by atoms with Gasteiger partial charge in [-0.1, -0.05) is 37.3 Å². The highest BCUT2D eigenvalue weighted by atomic mass is 16.4. The van der Waals surface area contributed by atoms with Crippen molar-refractivity contribution in [2.24, 2.45) is 17.8 Å². The van der Waals surface area contributed by atoms with E-state index >= 15 is 0 Å². The van der Waals surface area contributed by atoms with Crippen molar-refractivity contribution in [3.8, 4) is 16.9 Å². The van der Waals surface area contributed by atoms with Crippen LogP contribution in [0.2, 0.25) is 0 Å². The monoisotopic (exact) mass is 376 g/mol. The first-order valence-electron chi connectivity index (χ1n) is 10.3. The van der Waals surface area contributed by atoms with Gasteiger partial charge >= 0.3 is 5.97 Å². The summed E-state index contributed by atoms with van der Waals surface area (Å²) in [5, 5.41) is 19.3. The number of hydrogen-bond acceptors (Lipinski definition) is 2. The molecule has 2 aromatic carbocycles. The summed E-state index contributed by atoms with van der Waals surface area (Å²) in [5.74, 6) is 2.38. The Morgan fingerprint density at radius 2 is 1.57 bits per heavy atom.